The van der Waals surface area contributed by atoms with Gasteiger partial charge in [0.1, 0.15) is 0 Å². The Balaban J connectivity index is 1.48. The van der Waals surface area contributed by atoms with Crippen molar-refractivity contribution in [2.75, 3.05) is 32.7 Å². The molecule has 1 aromatic rings. The zero-order valence-corrected chi connectivity index (χ0v) is 15.8. The third-order valence-corrected chi connectivity index (χ3v) is 5.60. The second-order valence-electron chi connectivity index (χ2n) is 7.62. The van der Waals surface area contributed by atoms with E-state index in [2.05, 4.69) is 24.4 Å². The Morgan fingerprint density at radius 2 is 1.81 bits per heavy atom. The summed E-state index contributed by atoms with van der Waals surface area (Å²) in [6.07, 6.45) is 4.06. The zero-order chi connectivity index (χ0) is 18.4. The van der Waals surface area contributed by atoms with Crippen molar-refractivity contribution in [1.29, 1.82) is 0 Å². The number of amides is 2. The fourth-order valence-corrected chi connectivity index (χ4v) is 4.06. The number of piperidine rings is 1. The van der Waals surface area contributed by atoms with Gasteiger partial charge in [0.2, 0.25) is 11.8 Å². The molecule has 0 spiro atoms. The smallest absolute Gasteiger partial charge is 0.225 e. The van der Waals surface area contributed by atoms with E-state index in [0.717, 1.165) is 45.3 Å². The van der Waals surface area contributed by atoms with Gasteiger partial charge in [0.15, 0.2) is 0 Å². The van der Waals surface area contributed by atoms with Crippen LogP contribution in [0.3, 0.4) is 0 Å². The summed E-state index contributed by atoms with van der Waals surface area (Å²) in [5.41, 5.74) is 1.20. The molecular weight excluding hydrogens is 326 g/mol. The molecule has 0 unspecified atom stereocenters. The van der Waals surface area contributed by atoms with E-state index in [1.54, 1.807) is 0 Å². The molecule has 0 aliphatic carbocycles. The van der Waals surface area contributed by atoms with Crippen LogP contribution in [0.15, 0.2) is 30.3 Å². The average Bonchev–Trinajstić information content (AvgIpc) is 2.92. The Bertz CT molecular complexity index is 605. The molecule has 0 saturated carbocycles. The molecule has 0 aromatic heterocycles. The maximum atomic E-state index is 12.8. The molecule has 2 amide bonds. The van der Waals surface area contributed by atoms with Crippen LogP contribution in [0.5, 0.6) is 0 Å². The van der Waals surface area contributed by atoms with Gasteiger partial charge < -0.3 is 15.1 Å². The van der Waals surface area contributed by atoms with Crippen molar-refractivity contribution in [1.82, 2.24) is 15.1 Å². The highest BCUT2D eigenvalue weighted by atomic mass is 16.2. The second-order valence-corrected chi connectivity index (χ2v) is 7.62. The lowest BCUT2D eigenvalue weighted by Gasteiger charge is -2.31. The highest BCUT2D eigenvalue weighted by Crippen LogP contribution is 2.20. The van der Waals surface area contributed by atoms with E-state index in [4.69, 9.17) is 0 Å². The number of hydrogen-bond donors (Lipinski definition) is 1. The van der Waals surface area contributed by atoms with E-state index in [1.807, 2.05) is 28.0 Å². The molecular formula is C21H31N3O2. The van der Waals surface area contributed by atoms with E-state index in [0.29, 0.717) is 25.6 Å². The quantitative estimate of drug-likeness (QED) is 0.897. The van der Waals surface area contributed by atoms with Crippen molar-refractivity contribution in [3.63, 3.8) is 0 Å². The van der Waals surface area contributed by atoms with Crippen LogP contribution in [-0.4, -0.2) is 60.4 Å². The van der Waals surface area contributed by atoms with Crippen molar-refractivity contribution < 1.29 is 9.59 Å². The summed E-state index contributed by atoms with van der Waals surface area (Å²) < 4.78 is 0. The van der Waals surface area contributed by atoms with Crippen molar-refractivity contribution >= 4 is 11.8 Å². The van der Waals surface area contributed by atoms with Crippen molar-refractivity contribution in [2.45, 2.75) is 45.1 Å². The monoisotopic (exact) mass is 357 g/mol. The maximum Gasteiger partial charge on any atom is 0.225 e. The normalized spacial score (nSPS) is 24.2. The summed E-state index contributed by atoms with van der Waals surface area (Å²) in [6, 6.07) is 10.6. The number of carbonyl (C=O) groups excluding carboxylic acids is 2. The molecule has 2 aliphatic heterocycles. The number of nitrogens with zero attached hydrogens (tertiary/aromatic N) is 2. The third-order valence-electron chi connectivity index (χ3n) is 5.60. The van der Waals surface area contributed by atoms with Crippen molar-refractivity contribution in [2.24, 2.45) is 5.92 Å². The first-order valence-corrected chi connectivity index (χ1v) is 9.97. The molecule has 2 saturated heterocycles. The van der Waals surface area contributed by atoms with Crippen LogP contribution in [-0.2, 0) is 16.0 Å². The van der Waals surface area contributed by atoms with Gasteiger partial charge in [-0.25, -0.2) is 0 Å². The lowest BCUT2D eigenvalue weighted by Crippen LogP contribution is -2.45. The van der Waals surface area contributed by atoms with Gasteiger partial charge in [0.05, 0.1) is 0 Å². The first-order valence-electron chi connectivity index (χ1n) is 9.97. The minimum atomic E-state index is 0.145. The molecule has 0 bridgehead atoms. The lowest BCUT2D eigenvalue weighted by molar-refractivity contribution is -0.137. The van der Waals surface area contributed by atoms with Crippen LogP contribution in [0.2, 0.25) is 0 Å². The Hall–Kier alpha value is -1.88. The largest absolute Gasteiger partial charge is 0.341 e. The van der Waals surface area contributed by atoms with Crippen molar-refractivity contribution in [3.05, 3.63) is 35.9 Å². The molecule has 0 radical (unpaired) electrons. The van der Waals surface area contributed by atoms with E-state index in [9.17, 15) is 9.59 Å². The number of nitrogens with one attached hydrogen (secondary N) is 1. The molecule has 26 heavy (non-hydrogen) atoms. The van der Waals surface area contributed by atoms with Crippen LogP contribution in [0, 0.1) is 5.92 Å². The number of rotatable bonds is 4. The average molecular weight is 357 g/mol. The summed E-state index contributed by atoms with van der Waals surface area (Å²) in [6.45, 7) is 5.96. The predicted octanol–water partition coefficient (Wildman–Crippen LogP) is 2.07. The second kappa shape index (κ2) is 9.17. The van der Waals surface area contributed by atoms with Gasteiger partial charge in [-0.3, -0.25) is 9.59 Å². The van der Waals surface area contributed by atoms with E-state index in [1.165, 1.54) is 5.56 Å². The fraction of sp³-hybridized carbons (Fsp3) is 0.619. The summed E-state index contributed by atoms with van der Waals surface area (Å²) in [7, 11) is 0. The van der Waals surface area contributed by atoms with Gasteiger partial charge in [-0.15, -0.1) is 0 Å². The molecule has 2 fully saturated rings. The lowest BCUT2D eigenvalue weighted by atomic mass is 9.92. The summed E-state index contributed by atoms with van der Waals surface area (Å²) in [5, 5.41) is 3.41. The molecule has 142 valence electrons. The Morgan fingerprint density at radius 3 is 2.58 bits per heavy atom. The van der Waals surface area contributed by atoms with Gasteiger partial charge in [-0.2, -0.15) is 0 Å². The van der Waals surface area contributed by atoms with Gasteiger partial charge in [0.25, 0.3) is 0 Å². The highest BCUT2D eigenvalue weighted by Gasteiger charge is 2.30. The van der Waals surface area contributed by atoms with Crippen LogP contribution in [0.25, 0.3) is 0 Å². The van der Waals surface area contributed by atoms with Crippen LogP contribution in [0.4, 0.5) is 0 Å². The molecule has 2 aliphatic rings. The summed E-state index contributed by atoms with van der Waals surface area (Å²) in [5.74, 6) is 0.641. The molecule has 5 nitrogen and oxygen atoms in total. The van der Waals surface area contributed by atoms with E-state index < -0.39 is 0 Å². The number of aryl methyl sites for hydroxylation is 1. The Morgan fingerprint density at radius 1 is 1.08 bits per heavy atom. The van der Waals surface area contributed by atoms with E-state index in [-0.39, 0.29) is 17.7 Å². The molecule has 2 atom stereocenters. The molecule has 3 rings (SSSR count). The SMILES string of the molecule is C[C@H]1C[C@@H](C(=O)N2CCCN(C(=O)CCc3ccccc3)CC2)CCN1. The number of carbonyl (C=O) groups is 2. The highest BCUT2D eigenvalue weighted by molar-refractivity contribution is 5.79. The predicted molar refractivity (Wildman–Crippen MR) is 103 cm³/mol. The number of benzene rings is 1. The molecule has 1 aromatic carbocycles. The molecule has 5 heteroatoms. The first kappa shape index (κ1) is 18.9. The van der Waals surface area contributed by atoms with Crippen molar-refractivity contribution in [3.8, 4) is 0 Å². The fourth-order valence-electron chi connectivity index (χ4n) is 4.06. The Kier molecular flexibility index (Phi) is 6.67. The minimum absolute atomic E-state index is 0.145. The maximum absolute atomic E-state index is 12.8. The van der Waals surface area contributed by atoms with Crippen LogP contribution < -0.4 is 5.32 Å². The summed E-state index contributed by atoms with van der Waals surface area (Å²) in [4.78, 5) is 29.3. The topological polar surface area (TPSA) is 52.7 Å². The molecule has 2 heterocycles. The van der Waals surface area contributed by atoms with Crippen LogP contribution in [0.1, 0.15) is 38.2 Å². The number of hydrogen-bond acceptors (Lipinski definition) is 3. The third kappa shape index (κ3) is 5.07. The summed E-state index contributed by atoms with van der Waals surface area (Å²) >= 11 is 0. The Labute approximate surface area is 156 Å². The van der Waals surface area contributed by atoms with Gasteiger partial charge >= 0.3 is 0 Å². The zero-order valence-electron chi connectivity index (χ0n) is 15.8. The standard InChI is InChI=1S/C21H31N3O2/c1-17-16-19(10-11-22-17)21(26)24-13-5-12-23(14-15-24)20(25)9-8-18-6-3-2-4-7-18/h2-4,6-7,17,19,22H,5,8-16H2,1H3/t17-,19-/m0/s1. The van der Waals surface area contributed by atoms with Gasteiger partial charge in [-0.1, -0.05) is 30.3 Å². The molecule has 1 N–H and O–H groups in total. The first-order chi connectivity index (χ1) is 12.6. The van der Waals surface area contributed by atoms with E-state index >= 15 is 0 Å². The van der Waals surface area contributed by atoms with Gasteiger partial charge in [0, 0.05) is 44.6 Å². The van der Waals surface area contributed by atoms with Crippen LogP contribution >= 0.6 is 0 Å². The minimum Gasteiger partial charge on any atom is -0.341 e. The van der Waals surface area contributed by atoms with Gasteiger partial charge in [-0.05, 0) is 44.7 Å².